The number of benzene rings is 8. The van der Waals surface area contributed by atoms with Gasteiger partial charge in [-0.25, -0.2) is 0 Å². The molecule has 0 saturated carbocycles. The van der Waals surface area contributed by atoms with Crippen LogP contribution in [0.1, 0.15) is 25.0 Å². The fourth-order valence-corrected chi connectivity index (χ4v) is 8.30. The minimum atomic E-state index is -0.154. The molecule has 0 spiro atoms. The standard InChI is InChI=1S/C45H31NO/c1-45(2)38-27-29-25-31(46(30-13-4-3-5-14-30)39-20-12-22-41-43(39)36-19-10-11-21-40(36)47-41)24-23-28(29)26-37(38)42-34-17-8-6-15-32(34)33-16-7-9-18-35(33)44(42)45/h3-27H,1-2H3. The van der Waals surface area contributed by atoms with Crippen molar-refractivity contribution in [2.24, 2.45) is 0 Å². The minimum Gasteiger partial charge on any atom is -0.456 e. The molecule has 10 rings (SSSR count). The molecule has 0 fully saturated rings. The SMILES string of the molecule is CC1(C)c2cc3cc(N(c4ccccc4)c4cccc5oc6ccccc6c45)ccc3cc2-c2c1c1ccccc1c1ccccc21. The maximum absolute atomic E-state index is 6.32. The Hall–Kier alpha value is -5.86. The van der Waals surface area contributed by atoms with E-state index in [1.807, 2.05) is 6.07 Å². The van der Waals surface area contributed by atoms with Crippen LogP contribution in [0.3, 0.4) is 0 Å². The Morgan fingerprint density at radius 1 is 0.489 bits per heavy atom. The van der Waals surface area contributed by atoms with Gasteiger partial charge in [-0.1, -0.05) is 111 Å². The molecule has 0 amide bonds. The topological polar surface area (TPSA) is 16.4 Å². The number of hydrogen-bond acceptors (Lipinski definition) is 2. The number of rotatable bonds is 3. The van der Waals surface area contributed by atoms with Gasteiger partial charge in [-0.05, 0) is 109 Å². The summed E-state index contributed by atoms with van der Waals surface area (Å²) in [5, 5.41) is 10.1. The van der Waals surface area contributed by atoms with Crippen molar-refractivity contribution < 1.29 is 4.42 Å². The van der Waals surface area contributed by atoms with Crippen LogP contribution >= 0.6 is 0 Å². The molecule has 1 aromatic heterocycles. The van der Waals surface area contributed by atoms with Gasteiger partial charge in [0.2, 0.25) is 0 Å². The average Bonchev–Trinajstić information content (AvgIpc) is 3.61. The van der Waals surface area contributed by atoms with E-state index in [0.29, 0.717) is 0 Å². The summed E-state index contributed by atoms with van der Waals surface area (Å²) in [6.07, 6.45) is 0. The van der Waals surface area contributed by atoms with Crippen LogP contribution in [0, 0.1) is 0 Å². The third kappa shape index (κ3) is 3.67. The molecular formula is C45H31NO. The predicted molar refractivity (Wildman–Crippen MR) is 198 cm³/mol. The summed E-state index contributed by atoms with van der Waals surface area (Å²) in [5.41, 5.74) is 10.5. The van der Waals surface area contributed by atoms with Gasteiger partial charge in [0, 0.05) is 22.2 Å². The maximum Gasteiger partial charge on any atom is 0.137 e. The molecule has 9 aromatic rings. The van der Waals surface area contributed by atoms with Gasteiger partial charge < -0.3 is 9.32 Å². The largest absolute Gasteiger partial charge is 0.456 e. The van der Waals surface area contributed by atoms with Gasteiger partial charge >= 0.3 is 0 Å². The highest BCUT2D eigenvalue weighted by Gasteiger charge is 2.38. The van der Waals surface area contributed by atoms with E-state index in [4.69, 9.17) is 4.42 Å². The summed E-state index contributed by atoms with van der Waals surface area (Å²) in [7, 11) is 0. The predicted octanol–water partition coefficient (Wildman–Crippen LogP) is 12.8. The summed E-state index contributed by atoms with van der Waals surface area (Å²) in [6, 6.07) is 55.0. The smallest absolute Gasteiger partial charge is 0.137 e. The van der Waals surface area contributed by atoms with Crippen molar-refractivity contribution in [2.75, 3.05) is 4.90 Å². The number of nitrogens with zero attached hydrogens (tertiary/aromatic N) is 1. The van der Waals surface area contributed by atoms with Crippen LogP contribution in [-0.2, 0) is 5.41 Å². The quantitative estimate of drug-likeness (QED) is 0.187. The molecule has 0 radical (unpaired) electrons. The zero-order valence-electron chi connectivity index (χ0n) is 26.3. The van der Waals surface area contributed by atoms with Gasteiger partial charge in [-0.15, -0.1) is 0 Å². The van der Waals surface area contributed by atoms with E-state index in [9.17, 15) is 0 Å². The lowest BCUT2D eigenvalue weighted by atomic mass is 9.79. The molecule has 47 heavy (non-hydrogen) atoms. The Balaban J connectivity index is 1.22. The van der Waals surface area contributed by atoms with Gasteiger partial charge in [0.25, 0.3) is 0 Å². The molecular weight excluding hydrogens is 571 g/mol. The molecule has 1 heterocycles. The first-order valence-corrected chi connectivity index (χ1v) is 16.4. The molecule has 1 aliphatic carbocycles. The monoisotopic (exact) mass is 601 g/mol. The van der Waals surface area contributed by atoms with E-state index < -0.39 is 0 Å². The Bertz CT molecular complexity index is 2720. The molecule has 2 nitrogen and oxygen atoms in total. The van der Waals surface area contributed by atoms with E-state index in [-0.39, 0.29) is 5.41 Å². The van der Waals surface area contributed by atoms with Crippen molar-refractivity contribution in [3.05, 3.63) is 163 Å². The molecule has 0 saturated heterocycles. The average molecular weight is 602 g/mol. The summed E-state index contributed by atoms with van der Waals surface area (Å²) in [5.74, 6) is 0. The van der Waals surface area contributed by atoms with E-state index in [0.717, 1.165) is 39.0 Å². The van der Waals surface area contributed by atoms with Crippen molar-refractivity contribution in [2.45, 2.75) is 19.3 Å². The molecule has 0 N–H and O–H groups in total. The molecule has 0 unspecified atom stereocenters. The summed E-state index contributed by atoms with van der Waals surface area (Å²) in [6.45, 7) is 4.80. The number of hydrogen-bond donors (Lipinski definition) is 0. The third-order valence-electron chi connectivity index (χ3n) is 10.4. The first-order chi connectivity index (χ1) is 23.1. The molecule has 0 bridgehead atoms. The van der Waals surface area contributed by atoms with Crippen molar-refractivity contribution >= 4 is 71.3 Å². The number of anilines is 3. The highest BCUT2D eigenvalue weighted by atomic mass is 16.3. The number of furan rings is 1. The molecule has 0 atom stereocenters. The molecule has 8 aromatic carbocycles. The first-order valence-electron chi connectivity index (χ1n) is 16.4. The summed E-state index contributed by atoms with van der Waals surface area (Å²) < 4.78 is 6.32. The second kappa shape index (κ2) is 9.57. The lowest BCUT2D eigenvalue weighted by Crippen LogP contribution is -2.15. The maximum atomic E-state index is 6.32. The van der Waals surface area contributed by atoms with E-state index in [2.05, 4.69) is 164 Å². The molecule has 2 heteroatoms. The molecule has 0 aliphatic heterocycles. The lowest BCUT2D eigenvalue weighted by Gasteiger charge is -2.27. The van der Waals surface area contributed by atoms with Crippen molar-refractivity contribution in [3.8, 4) is 11.1 Å². The summed E-state index contributed by atoms with van der Waals surface area (Å²) >= 11 is 0. The van der Waals surface area contributed by atoms with Crippen LogP contribution in [0.25, 0.3) is 65.4 Å². The number of para-hydroxylation sites is 2. The number of fused-ring (bicyclic) bond motifs is 12. The Morgan fingerprint density at radius 2 is 1.15 bits per heavy atom. The highest BCUT2D eigenvalue weighted by Crippen LogP contribution is 2.55. The third-order valence-corrected chi connectivity index (χ3v) is 10.4. The van der Waals surface area contributed by atoms with Gasteiger partial charge in [0.05, 0.1) is 11.1 Å². The fourth-order valence-electron chi connectivity index (χ4n) is 8.30. The first kappa shape index (κ1) is 26.4. The normalized spacial score (nSPS) is 13.5. The van der Waals surface area contributed by atoms with Crippen LogP contribution in [-0.4, -0.2) is 0 Å². The van der Waals surface area contributed by atoms with Crippen LogP contribution in [0.5, 0.6) is 0 Å². The van der Waals surface area contributed by atoms with Gasteiger partial charge in [-0.3, -0.25) is 0 Å². The van der Waals surface area contributed by atoms with Gasteiger partial charge in [0.15, 0.2) is 0 Å². The van der Waals surface area contributed by atoms with Gasteiger partial charge in [-0.2, -0.15) is 0 Å². The summed E-state index contributed by atoms with van der Waals surface area (Å²) in [4.78, 5) is 2.37. The van der Waals surface area contributed by atoms with E-state index >= 15 is 0 Å². The van der Waals surface area contributed by atoms with E-state index in [1.54, 1.807) is 0 Å². The molecule has 1 aliphatic rings. The van der Waals surface area contributed by atoms with Crippen LogP contribution < -0.4 is 4.90 Å². The van der Waals surface area contributed by atoms with Crippen molar-refractivity contribution in [1.29, 1.82) is 0 Å². The van der Waals surface area contributed by atoms with E-state index in [1.165, 1.54) is 54.6 Å². The second-order valence-electron chi connectivity index (χ2n) is 13.3. The van der Waals surface area contributed by atoms with Crippen LogP contribution in [0.2, 0.25) is 0 Å². The Morgan fingerprint density at radius 3 is 1.96 bits per heavy atom. The van der Waals surface area contributed by atoms with Crippen LogP contribution in [0.15, 0.2) is 156 Å². The fraction of sp³-hybridized carbons (Fsp3) is 0.0667. The Kier molecular flexibility index (Phi) is 5.37. The highest BCUT2D eigenvalue weighted by molar-refractivity contribution is 6.19. The molecule has 222 valence electrons. The second-order valence-corrected chi connectivity index (χ2v) is 13.3. The zero-order valence-corrected chi connectivity index (χ0v) is 26.3. The van der Waals surface area contributed by atoms with Gasteiger partial charge in [0.1, 0.15) is 11.2 Å². The lowest BCUT2D eigenvalue weighted by molar-refractivity contribution is 0.667. The van der Waals surface area contributed by atoms with Crippen molar-refractivity contribution in [3.63, 3.8) is 0 Å². The Labute approximate surface area is 273 Å². The minimum absolute atomic E-state index is 0.154. The zero-order chi connectivity index (χ0) is 31.3. The van der Waals surface area contributed by atoms with Crippen molar-refractivity contribution in [1.82, 2.24) is 0 Å². The van der Waals surface area contributed by atoms with Crippen LogP contribution in [0.4, 0.5) is 17.1 Å².